The maximum atomic E-state index is 13.1. The number of phenols is 1. The third-order valence-electron chi connectivity index (χ3n) is 6.25. The molecule has 36 heavy (non-hydrogen) atoms. The third kappa shape index (κ3) is 5.05. The average molecular weight is 491 g/mol. The van der Waals surface area contributed by atoms with E-state index in [1.165, 1.54) is 16.7 Å². The molecule has 2 aromatic carbocycles. The Kier molecular flexibility index (Phi) is 7.28. The third-order valence-corrected chi connectivity index (χ3v) is 6.25. The molecule has 9 nitrogen and oxygen atoms in total. The number of aromatic hydroxyl groups is 1. The van der Waals surface area contributed by atoms with Gasteiger partial charge in [0.15, 0.2) is 0 Å². The molecule has 0 saturated carbocycles. The number of unbranched alkanes of at least 4 members (excludes halogenated alkanes) is 1. The maximum Gasteiger partial charge on any atom is 0.336 e. The van der Waals surface area contributed by atoms with Crippen molar-refractivity contribution in [2.75, 3.05) is 10.6 Å². The van der Waals surface area contributed by atoms with Crippen LogP contribution in [0, 0.1) is 0 Å². The smallest absolute Gasteiger partial charge is 0.336 e. The number of nitrogens with one attached hydrogen (secondary N) is 1. The van der Waals surface area contributed by atoms with E-state index in [-0.39, 0.29) is 29.4 Å². The van der Waals surface area contributed by atoms with Crippen LogP contribution in [-0.2, 0) is 26.1 Å². The number of aromatic amines is 1. The van der Waals surface area contributed by atoms with E-state index in [9.17, 15) is 19.5 Å². The van der Waals surface area contributed by atoms with Crippen LogP contribution in [0.15, 0.2) is 67.3 Å². The first kappa shape index (κ1) is 24.8. The number of aryl methyl sites for hydroxylation is 1. The number of H-pyrrole nitrogens is 1. The summed E-state index contributed by atoms with van der Waals surface area (Å²) < 4.78 is 6.72. The summed E-state index contributed by atoms with van der Waals surface area (Å²) >= 11 is 0. The van der Waals surface area contributed by atoms with Crippen LogP contribution in [0.3, 0.4) is 0 Å². The highest BCUT2D eigenvalue weighted by molar-refractivity contribution is 5.83. The first-order valence-electron chi connectivity index (χ1n) is 12.0. The Morgan fingerprint density at radius 3 is 2.47 bits per heavy atom. The van der Waals surface area contributed by atoms with E-state index in [1.807, 2.05) is 44.2 Å². The zero-order chi connectivity index (χ0) is 25.8. The highest BCUT2D eigenvalue weighted by Crippen LogP contribution is 2.29. The molecule has 2 heterocycles. The Bertz CT molecular complexity index is 1550. The number of aromatic nitrogens is 2. The minimum absolute atomic E-state index is 0.0510. The van der Waals surface area contributed by atoms with Crippen molar-refractivity contribution in [3.05, 3.63) is 96.5 Å². The molecular formula is C27H30N4O5. The zero-order valence-corrected chi connectivity index (χ0v) is 20.4. The van der Waals surface area contributed by atoms with Crippen LogP contribution in [-0.4, -0.2) is 14.7 Å². The summed E-state index contributed by atoms with van der Waals surface area (Å²) in [4.78, 5) is 42.1. The van der Waals surface area contributed by atoms with Gasteiger partial charge < -0.3 is 20.2 Å². The van der Waals surface area contributed by atoms with E-state index in [1.54, 1.807) is 11.0 Å². The number of hydrogen-bond donors (Lipinski definition) is 3. The van der Waals surface area contributed by atoms with Crippen LogP contribution in [0.25, 0.3) is 11.0 Å². The quantitative estimate of drug-likeness (QED) is 0.306. The molecule has 9 heteroatoms. The summed E-state index contributed by atoms with van der Waals surface area (Å²) in [5.74, 6) is 0.127. The lowest BCUT2D eigenvalue weighted by Crippen LogP contribution is -2.38. The molecule has 0 amide bonds. The second-order valence-corrected chi connectivity index (χ2v) is 8.76. The summed E-state index contributed by atoms with van der Waals surface area (Å²) in [6, 6.07) is 14.2. The molecule has 0 aliphatic carbocycles. The van der Waals surface area contributed by atoms with Crippen molar-refractivity contribution in [3.63, 3.8) is 0 Å². The molecule has 0 bridgehead atoms. The summed E-state index contributed by atoms with van der Waals surface area (Å²) in [6.45, 7) is 4.75. The van der Waals surface area contributed by atoms with Gasteiger partial charge in [0, 0.05) is 37.2 Å². The molecule has 4 rings (SSSR count). The summed E-state index contributed by atoms with van der Waals surface area (Å²) in [5.41, 5.74) is 7.35. The van der Waals surface area contributed by atoms with E-state index in [2.05, 4.69) is 4.98 Å². The first-order valence-corrected chi connectivity index (χ1v) is 12.0. The molecule has 0 aliphatic heterocycles. The molecule has 0 fully saturated rings. The van der Waals surface area contributed by atoms with Crippen LogP contribution < -0.4 is 27.5 Å². The molecule has 0 aliphatic rings. The summed E-state index contributed by atoms with van der Waals surface area (Å²) in [7, 11) is 0. The van der Waals surface area contributed by atoms with Crippen molar-refractivity contribution < 1.29 is 9.52 Å². The highest BCUT2D eigenvalue weighted by Gasteiger charge is 2.21. The molecular weight excluding hydrogens is 460 g/mol. The van der Waals surface area contributed by atoms with Crippen molar-refractivity contribution in [2.24, 2.45) is 0 Å². The van der Waals surface area contributed by atoms with Crippen molar-refractivity contribution in [1.29, 1.82) is 0 Å². The standard InChI is InChI=1S/C27H30N4O5/c1-3-5-11-31-25(28)24(26(34)29-27(31)35)30(15-17-9-7-6-8-10-17)16-19-13-23(33)36-22-14-21(32)18(4-2)12-20(19)22/h6-10,12-14,32H,3-5,11,15-16,28H2,1-2H3,(H,29,34,35). The molecule has 0 radical (unpaired) electrons. The molecule has 0 atom stereocenters. The van der Waals surface area contributed by atoms with Gasteiger partial charge in [-0.25, -0.2) is 9.59 Å². The maximum absolute atomic E-state index is 13.1. The van der Waals surface area contributed by atoms with Gasteiger partial charge in [-0.2, -0.15) is 0 Å². The largest absolute Gasteiger partial charge is 0.508 e. The number of phenolic OH excluding ortho intramolecular Hbond substituents is 1. The molecule has 0 spiro atoms. The van der Waals surface area contributed by atoms with Crippen molar-refractivity contribution >= 4 is 22.5 Å². The monoisotopic (exact) mass is 490 g/mol. The van der Waals surface area contributed by atoms with Gasteiger partial charge >= 0.3 is 11.3 Å². The SMILES string of the molecule is CCCCn1c(N)c(N(Cc2ccccc2)Cc2cc(=O)oc3cc(O)c(CC)cc23)c(=O)[nH]c1=O. The normalized spacial score (nSPS) is 11.2. The molecule has 0 unspecified atom stereocenters. The average Bonchev–Trinajstić information content (AvgIpc) is 2.84. The molecule has 4 N–H and O–H groups in total. The number of nitrogens with two attached hydrogens (primary N) is 1. The number of hydrogen-bond acceptors (Lipinski definition) is 7. The fourth-order valence-electron chi connectivity index (χ4n) is 4.37. The van der Waals surface area contributed by atoms with Crippen LogP contribution in [0.4, 0.5) is 11.5 Å². The molecule has 2 aromatic heterocycles. The molecule has 0 saturated heterocycles. The molecule has 188 valence electrons. The van der Waals surface area contributed by atoms with E-state index in [0.717, 1.165) is 18.4 Å². The predicted octanol–water partition coefficient (Wildman–Crippen LogP) is 3.50. The second-order valence-electron chi connectivity index (χ2n) is 8.76. The minimum Gasteiger partial charge on any atom is -0.508 e. The lowest BCUT2D eigenvalue weighted by Gasteiger charge is -2.27. The second kappa shape index (κ2) is 10.6. The van der Waals surface area contributed by atoms with E-state index in [4.69, 9.17) is 10.2 Å². The van der Waals surface area contributed by atoms with Crippen LogP contribution in [0.5, 0.6) is 5.75 Å². The number of nitrogen functional groups attached to an aromatic ring is 1. The predicted molar refractivity (Wildman–Crippen MR) is 140 cm³/mol. The van der Waals surface area contributed by atoms with Gasteiger partial charge in [-0.3, -0.25) is 14.3 Å². The highest BCUT2D eigenvalue weighted by atomic mass is 16.4. The summed E-state index contributed by atoms with van der Waals surface area (Å²) in [6.07, 6.45) is 2.16. The number of benzene rings is 2. The van der Waals surface area contributed by atoms with E-state index >= 15 is 0 Å². The number of nitrogens with zero attached hydrogens (tertiary/aromatic N) is 2. The van der Waals surface area contributed by atoms with Crippen molar-refractivity contribution in [1.82, 2.24) is 9.55 Å². The minimum atomic E-state index is -0.597. The van der Waals surface area contributed by atoms with Gasteiger partial charge in [0.2, 0.25) is 0 Å². The van der Waals surface area contributed by atoms with Gasteiger partial charge in [0.1, 0.15) is 22.8 Å². The summed E-state index contributed by atoms with van der Waals surface area (Å²) in [5, 5.41) is 10.9. The topological polar surface area (TPSA) is 135 Å². The van der Waals surface area contributed by atoms with Crippen LogP contribution in [0.2, 0.25) is 0 Å². The van der Waals surface area contributed by atoms with E-state index in [0.29, 0.717) is 36.0 Å². The Labute approximate surface area is 207 Å². The van der Waals surface area contributed by atoms with Crippen LogP contribution >= 0.6 is 0 Å². The Hall–Kier alpha value is -4.27. The fraction of sp³-hybridized carbons (Fsp3) is 0.296. The van der Waals surface area contributed by atoms with Crippen molar-refractivity contribution in [2.45, 2.75) is 52.7 Å². The fourth-order valence-corrected chi connectivity index (χ4v) is 4.37. The van der Waals surface area contributed by atoms with Gasteiger partial charge in [-0.15, -0.1) is 0 Å². The number of fused-ring (bicyclic) bond motifs is 1. The van der Waals surface area contributed by atoms with Crippen molar-refractivity contribution in [3.8, 4) is 5.75 Å². The number of rotatable bonds is 9. The van der Waals surface area contributed by atoms with Gasteiger partial charge in [-0.1, -0.05) is 50.6 Å². The Morgan fingerprint density at radius 2 is 1.78 bits per heavy atom. The molecule has 4 aromatic rings. The Balaban J connectivity index is 1.90. The van der Waals surface area contributed by atoms with Gasteiger partial charge in [-0.05, 0) is 35.6 Å². The van der Waals surface area contributed by atoms with Gasteiger partial charge in [0.25, 0.3) is 5.56 Å². The Morgan fingerprint density at radius 1 is 1.03 bits per heavy atom. The van der Waals surface area contributed by atoms with E-state index < -0.39 is 16.9 Å². The zero-order valence-electron chi connectivity index (χ0n) is 20.4. The lowest BCUT2D eigenvalue weighted by atomic mass is 10.0. The number of anilines is 2. The lowest BCUT2D eigenvalue weighted by molar-refractivity contribution is 0.466. The van der Waals surface area contributed by atoms with Crippen LogP contribution in [0.1, 0.15) is 43.4 Å². The van der Waals surface area contributed by atoms with Gasteiger partial charge in [0.05, 0.1) is 0 Å². The first-order chi connectivity index (χ1) is 17.3.